The second-order valence-electron chi connectivity index (χ2n) is 4.53. The third-order valence-corrected chi connectivity index (χ3v) is 2.96. The van der Waals surface area contributed by atoms with Crippen LogP contribution < -0.4 is 14.8 Å². The van der Waals surface area contributed by atoms with E-state index in [0.29, 0.717) is 18.0 Å². The Morgan fingerprint density at radius 1 is 1.26 bits per heavy atom. The van der Waals surface area contributed by atoms with Crippen molar-refractivity contribution in [1.82, 2.24) is 10.2 Å². The van der Waals surface area contributed by atoms with Crippen LogP contribution in [0.3, 0.4) is 0 Å². The van der Waals surface area contributed by atoms with Gasteiger partial charge in [-0.1, -0.05) is 6.07 Å². The molecule has 5 nitrogen and oxygen atoms in total. The summed E-state index contributed by atoms with van der Waals surface area (Å²) in [6, 6.07) is 5.88. The van der Waals surface area contributed by atoms with Gasteiger partial charge in [0.25, 0.3) is 0 Å². The summed E-state index contributed by atoms with van der Waals surface area (Å²) in [5, 5.41) is 2.84. The Balaban J connectivity index is 2.99. The Hall–Kier alpha value is -1.75. The molecule has 1 atom stereocenters. The van der Waals surface area contributed by atoms with E-state index in [1.165, 1.54) is 6.92 Å². The minimum absolute atomic E-state index is 0.0349. The van der Waals surface area contributed by atoms with E-state index in [4.69, 9.17) is 9.47 Å². The van der Waals surface area contributed by atoms with Gasteiger partial charge in [-0.05, 0) is 31.8 Å². The highest BCUT2D eigenvalue weighted by Gasteiger charge is 2.16. The van der Waals surface area contributed by atoms with E-state index < -0.39 is 0 Å². The standard InChI is InChI=1S/C14H22N2O3/c1-10(17)15-9-12(16(2)3)11-6-7-13(18-4)14(8-11)19-5/h6-8,12H,9H2,1-5H3,(H,15,17). The van der Waals surface area contributed by atoms with E-state index in [0.717, 1.165) is 5.56 Å². The molecular formula is C14H22N2O3. The molecular weight excluding hydrogens is 244 g/mol. The van der Waals surface area contributed by atoms with Crippen molar-refractivity contribution in [3.63, 3.8) is 0 Å². The fraction of sp³-hybridized carbons (Fsp3) is 0.500. The van der Waals surface area contributed by atoms with E-state index in [2.05, 4.69) is 10.2 Å². The monoisotopic (exact) mass is 266 g/mol. The van der Waals surface area contributed by atoms with Crippen molar-refractivity contribution in [2.75, 3.05) is 34.9 Å². The van der Waals surface area contributed by atoms with Crippen LogP contribution in [0.5, 0.6) is 11.5 Å². The lowest BCUT2D eigenvalue weighted by Gasteiger charge is -2.25. The number of likely N-dealkylation sites (N-methyl/N-ethyl adjacent to an activating group) is 1. The Labute approximate surface area is 114 Å². The maximum absolute atomic E-state index is 11.1. The number of carbonyl (C=O) groups is 1. The summed E-state index contributed by atoms with van der Waals surface area (Å²) in [6.45, 7) is 2.07. The topological polar surface area (TPSA) is 50.8 Å². The highest BCUT2D eigenvalue weighted by atomic mass is 16.5. The van der Waals surface area contributed by atoms with Crippen LogP contribution >= 0.6 is 0 Å². The molecule has 0 heterocycles. The Morgan fingerprint density at radius 3 is 2.37 bits per heavy atom. The lowest BCUT2D eigenvalue weighted by atomic mass is 10.1. The smallest absolute Gasteiger partial charge is 0.216 e. The van der Waals surface area contributed by atoms with Crippen LogP contribution in [-0.2, 0) is 4.79 Å². The molecule has 0 aliphatic carbocycles. The lowest BCUT2D eigenvalue weighted by Crippen LogP contribution is -2.33. The fourth-order valence-corrected chi connectivity index (χ4v) is 1.90. The van der Waals surface area contributed by atoms with Gasteiger partial charge < -0.3 is 19.7 Å². The van der Waals surface area contributed by atoms with Crippen LogP contribution in [0, 0.1) is 0 Å². The first-order chi connectivity index (χ1) is 8.99. The van der Waals surface area contributed by atoms with E-state index in [1.807, 2.05) is 32.3 Å². The number of ether oxygens (including phenoxy) is 2. The molecule has 106 valence electrons. The van der Waals surface area contributed by atoms with Crippen molar-refractivity contribution in [1.29, 1.82) is 0 Å². The molecule has 1 aromatic carbocycles. The maximum Gasteiger partial charge on any atom is 0.216 e. The first kappa shape index (κ1) is 15.3. The molecule has 0 aromatic heterocycles. The summed E-state index contributed by atoms with van der Waals surface area (Å²) < 4.78 is 10.5. The molecule has 1 N–H and O–H groups in total. The van der Waals surface area contributed by atoms with Gasteiger partial charge >= 0.3 is 0 Å². The first-order valence-electron chi connectivity index (χ1n) is 6.12. The summed E-state index contributed by atoms with van der Waals surface area (Å²) >= 11 is 0. The molecule has 0 fully saturated rings. The second kappa shape index (κ2) is 6.99. The van der Waals surface area contributed by atoms with Crippen molar-refractivity contribution in [3.8, 4) is 11.5 Å². The van der Waals surface area contributed by atoms with Crippen LogP contribution in [0.2, 0.25) is 0 Å². The van der Waals surface area contributed by atoms with Gasteiger partial charge in [-0.3, -0.25) is 4.79 Å². The average molecular weight is 266 g/mol. The zero-order valence-corrected chi connectivity index (χ0v) is 12.2. The molecule has 0 aliphatic heterocycles. The van der Waals surface area contributed by atoms with Gasteiger partial charge in [-0.15, -0.1) is 0 Å². The molecule has 0 aliphatic rings. The molecule has 0 spiro atoms. The number of methoxy groups -OCH3 is 2. The van der Waals surface area contributed by atoms with Gasteiger partial charge in [0.15, 0.2) is 11.5 Å². The SMILES string of the molecule is COc1ccc(C(CNC(C)=O)N(C)C)cc1OC. The molecule has 5 heteroatoms. The Morgan fingerprint density at radius 2 is 1.89 bits per heavy atom. The van der Waals surface area contributed by atoms with E-state index in [-0.39, 0.29) is 11.9 Å². The van der Waals surface area contributed by atoms with Gasteiger partial charge in [0.05, 0.1) is 20.3 Å². The molecule has 0 saturated heterocycles. The van der Waals surface area contributed by atoms with Crippen LogP contribution in [-0.4, -0.2) is 45.7 Å². The van der Waals surface area contributed by atoms with Crippen molar-refractivity contribution in [3.05, 3.63) is 23.8 Å². The number of carbonyl (C=O) groups excluding carboxylic acids is 1. The maximum atomic E-state index is 11.1. The number of nitrogens with zero attached hydrogens (tertiary/aromatic N) is 1. The molecule has 0 radical (unpaired) electrons. The predicted molar refractivity (Wildman–Crippen MR) is 74.7 cm³/mol. The van der Waals surface area contributed by atoms with Crippen LogP contribution in [0.4, 0.5) is 0 Å². The van der Waals surface area contributed by atoms with Crippen molar-refractivity contribution in [2.24, 2.45) is 0 Å². The zero-order valence-electron chi connectivity index (χ0n) is 12.2. The fourth-order valence-electron chi connectivity index (χ4n) is 1.90. The van der Waals surface area contributed by atoms with Gasteiger partial charge in [0, 0.05) is 13.5 Å². The molecule has 19 heavy (non-hydrogen) atoms. The number of nitrogens with one attached hydrogen (secondary N) is 1. The highest BCUT2D eigenvalue weighted by molar-refractivity contribution is 5.72. The van der Waals surface area contributed by atoms with Crippen molar-refractivity contribution < 1.29 is 14.3 Å². The number of hydrogen-bond acceptors (Lipinski definition) is 4. The minimum atomic E-state index is -0.0349. The summed E-state index contributed by atoms with van der Waals surface area (Å²) in [7, 11) is 7.17. The van der Waals surface area contributed by atoms with Crippen molar-refractivity contribution in [2.45, 2.75) is 13.0 Å². The van der Waals surface area contributed by atoms with Gasteiger partial charge in [-0.2, -0.15) is 0 Å². The van der Waals surface area contributed by atoms with Crippen LogP contribution in [0.15, 0.2) is 18.2 Å². The Kier molecular flexibility index (Phi) is 5.63. The van der Waals surface area contributed by atoms with Crippen LogP contribution in [0.25, 0.3) is 0 Å². The van der Waals surface area contributed by atoms with E-state index in [1.54, 1.807) is 14.2 Å². The molecule has 0 bridgehead atoms. The third kappa shape index (κ3) is 4.13. The molecule has 1 unspecified atom stereocenters. The lowest BCUT2D eigenvalue weighted by molar-refractivity contribution is -0.119. The van der Waals surface area contributed by atoms with Crippen molar-refractivity contribution >= 4 is 5.91 Å². The number of rotatable bonds is 6. The predicted octanol–water partition coefficient (Wildman–Crippen LogP) is 1.44. The largest absolute Gasteiger partial charge is 0.493 e. The summed E-state index contributed by atoms with van der Waals surface area (Å²) in [5.74, 6) is 1.35. The molecule has 1 amide bonds. The Bertz CT molecular complexity index is 433. The second-order valence-corrected chi connectivity index (χ2v) is 4.53. The first-order valence-corrected chi connectivity index (χ1v) is 6.12. The van der Waals surface area contributed by atoms with Gasteiger partial charge in [0.1, 0.15) is 0 Å². The van der Waals surface area contributed by atoms with E-state index >= 15 is 0 Å². The summed E-state index contributed by atoms with van der Waals surface area (Å²) in [6.07, 6.45) is 0. The molecule has 1 rings (SSSR count). The quantitative estimate of drug-likeness (QED) is 0.846. The minimum Gasteiger partial charge on any atom is -0.493 e. The van der Waals surface area contributed by atoms with Crippen LogP contribution in [0.1, 0.15) is 18.5 Å². The number of hydrogen-bond donors (Lipinski definition) is 1. The average Bonchev–Trinajstić information content (AvgIpc) is 2.37. The van der Waals surface area contributed by atoms with Gasteiger partial charge in [0.2, 0.25) is 5.91 Å². The third-order valence-electron chi connectivity index (χ3n) is 2.96. The number of amides is 1. The molecule has 0 saturated carbocycles. The number of benzene rings is 1. The normalized spacial score (nSPS) is 12.1. The molecule has 1 aromatic rings. The summed E-state index contributed by atoms with van der Waals surface area (Å²) in [4.78, 5) is 13.1. The highest BCUT2D eigenvalue weighted by Crippen LogP contribution is 2.31. The zero-order chi connectivity index (χ0) is 14.4. The van der Waals surface area contributed by atoms with E-state index in [9.17, 15) is 4.79 Å². The van der Waals surface area contributed by atoms with Gasteiger partial charge in [-0.25, -0.2) is 0 Å². The summed E-state index contributed by atoms with van der Waals surface area (Å²) in [5.41, 5.74) is 1.07.